The molecular weight excluding hydrogens is 250 g/mol. The molecule has 0 radical (unpaired) electrons. The zero-order chi connectivity index (χ0) is 12.8. The van der Waals surface area contributed by atoms with E-state index in [9.17, 15) is 4.79 Å². The fourth-order valence-electron chi connectivity index (χ4n) is 2.61. The molecule has 5 heteroatoms. The van der Waals surface area contributed by atoms with Gasteiger partial charge < -0.3 is 14.8 Å². The number of hydrogen-bond donors (Lipinski definition) is 1. The average molecular weight is 273 g/mol. The Kier molecular flexibility index (Phi) is 5.79. The van der Waals surface area contributed by atoms with Gasteiger partial charge in [0.15, 0.2) is 0 Å². The molecule has 0 aromatic rings. The Labute approximate surface area is 113 Å². The third-order valence-corrected chi connectivity index (χ3v) is 4.75. The van der Waals surface area contributed by atoms with Crippen LogP contribution in [0, 0.1) is 0 Å². The van der Waals surface area contributed by atoms with Crippen LogP contribution in [0.15, 0.2) is 0 Å². The maximum atomic E-state index is 11.9. The summed E-state index contributed by atoms with van der Waals surface area (Å²) in [7, 11) is 1.73. The number of carbonyl (C=O) groups is 1. The summed E-state index contributed by atoms with van der Waals surface area (Å²) < 4.78 is 10.9. The Hall–Kier alpha value is -0.260. The molecule has 1 aliphatic heterocycles. The molecule has 1 saturated heterocycles. The zero-order valence-corrected chi connectivity index (χ0v) is 11.8. The van der Waals surface area contributed by atoms with Gasteiger partial charge in [-0.1, -0.05) is 0 Å². The second-order valence-electron chi connectivity index (χ2n) is 5.07. The van der Waals surface area contributed by atoms with Crippen LogP contribution >= 0.6 is 11.8 Å². The van der Waals surface area contributed by atoms with Crippen molar-refractivity contribution in [2.24, 2.45) is 0 Å². The molecular formula is C13H23NO3S. The van der Waals surface area contributed by atoms with E-state index in [2.05, 4.69) is 5.32 Å². The molecule has 1 saturated carbocycles. The monoisotopic (exact) mass is 273 g/mol. The van der Waals surface area contributed by atoms with Gasteiger partial charge in [-0.3, -0.25) is 4.79 Å². The Balaban J connectivity index is 1.69. The lowest BCUT2D eigenvalue weighted by atomic mass is 9.95. The van der Waals surface area contributed by atoms with Gasteiger partial charge in [-0.15, -0.1) is 0 Å². The van der Waals surface area contributed by atoms with E-state index in [4.69, 9.17) is 9.47 Å². The van der Waals surface area contributed by atoms with E-state index in [0.717, 1.165) is 43.7 Å². The van der Waals surface area contributed by atoms with Gasteiger partial charge in [0.1, 0.15) is 6.10 Å². The first-order valence-corrected chi connectivity index (χ1v) is 7.97. The summed E-state index contributed by atoms with van der Waals surface area (Å²) in [6, 6.07) is 0.290. The van der Waals surface area contributed by atoms with Gasteiger partial charge in [-0.2, -0.15) is 11.8 Å². The molecule has 2 fully saturated rings. The highest BCUT2D eigenvalue weighted by Gasteiger charge is 2.26. The summed E-state index contributed by atoms with van der Waals surface area (Å²) in [4.78, 5) is 11.9. The van der Waals surface area contributed by atoms with Crippen LogP contribution in [0.4, 0.5) is 0 Å². The second kappa shape index (κ2) is 7.36. The SMILES string of the molecule is COC1CCCC(OC(=O)CC2CSCCN2)C1. The molecule has 2 rings (SSSR count). The summed E-state index contributed by atoms with van der Waals surface area (Å²) in [5, 5.41) is 3.36. The highest BCUT2D eigenvalue weighted by atomic mass is 32.2. The van der Waals surface area contributed by atoms with E-state index in [1.807, 2.05) is 11.8 Å². The van der Waals surface area contributed by atoms with E-state index in [1.54, 1.807) is 7.11 Å². The van der Waals surface area contributed by atoms with Crippen molar-refractivity contribution >= 4 is 17.7 Å². The average Bonchev–Trinajstić information content (AvgIpc) is 2.40. The van der Waals surface area contributed by atoms with E-state index in [1.165, 1.54) is 0 Å². The van der Waals surface area contributed by atoms with Crippen LogP contribution in [0.5, 0.6) is 0 Å². The van der Waals surface area contributed by atoms with Crippen LogP contribution in [0.1, 0.15) is 32.1 Å². The third kappa shape index (κ3) is 4.44. The van der Waals surface area contributed by atoms with Gasteiger partial charge in [0.05, 0.1) is 12.5 Å². The Morgan fingerprint density at radius 1 is 1.39 bits per heavy atom. The molecule has 0 bridgehead atoms. The van der Waals surface area contributed by atoms with Crippen LogP contribution < -0.4 is 5.32 Å². The van der Waals surface area contributed by atoms with Gasteiger partial charge >= 0.3 is 5.97 Å². The highest BCUT2D eigenvalue weighted by molar-refractivity contribution is 7.99. The third-order valence-electron chi connectivity index (χ3n) is 3.62. The van der Waals surface area contributed by atoms with E-state index in [-0.39, 0.29) is 24.2 Å². The summed E-state index contributed by atoms with van der Waals surface area (Å²) in [5.41, 5.74) is 0. The first-order chi connectivity index (χ1) is 8.78. The van der Waals surface area contributed by atoms with Crippen molar-refractivity contribution < 1.29 is 14.3 Å². The molecule has 0 aromatic heterocycles. The van der Waals surface area contributed by atoms with Crippen molar-refractivity contribution in [3.63, 3.8) is 0 Å². The molecule has 2 aliphatic rings. The van der Waals surface area contributed by atoms with Gasteiger partial charge in [0, 0.05) is 37.6 Å². The van der Waals surface area contributed by atoms with Gasteiger partial charge in [-0.05, 0) is 19.3 Å². The molecule has 0 amide bonds. The fourth-order valence-corrected chi connectivity index (χ4v) is 3.56. The number of carbonyl (C=O) groups excluding carboxylic acids is 1. The summed E-state index contributed by atoms with van der Waals surface area (Å²) >= 11 is 1.90. The normalized spacial score (nSPS) is 33.1. The molecule has 3 atom stereocenters. The smallest absolute Gasteiger partial charge is 0.307 e. The molecule has 18 heavy (non-hydrogen) atoms. The van der Waals surface area contributed by atoms with E-state index >= 15 is 0 Å². The van der Waals surface area contributed by atoms with Gasteiger partial charge in [0.2, 0.25) is 0 Å². The minimum absolute atomic E-state index is 0.0586. The molecule has 1 N–H and O–H groups in total. The molecule has 3 unspecified atom stereocenters. The minimum atomic E-state index is -0.0586. The Morgan fingerprint density at radius 2 is 2.22 bits per heavy atom. The number of nitrogens with one attached hydrogen (secondary N) is 1. The van der Waals surface area contributed by atoms with Gasteiger partial charge in [0.25, 0.3) is 0 Å². The van der Waals surface area contributed by atoms with Crippen molar-refractivity contribution in [1.29, 1.82) is 0 Å². The van der Waals surface area contributed by atoms with Crippen molar-refractivity contribution in [3.05, 3.63) is 0 Å². The minimum Gasteiger partial charge on any atom is -0.462 e. The van der Waals surface area contributed by atoms with Crippen molar-refractivity contribution in [3.8, 4) is 0 Å². The molecule has 104 valence electrons. The molecule has 0 aromatic carbocycles. The number of esters is 1. The Bertz CT molecular complexity index is 269. The lowest BCUT2D eigenvalue weighted by Crippen LogP contribution is -2.40. The lowest BCUT2D eigenvalue weighted by Gasteiger charge is -2.29. The number of methoxy groups -OCH3 is 1. The highest BCUT2D eigenvalue weighted by Crippen LogP contribution is 2.23. The van der Waals surface area contributed by atoms with Crippen molar-refractivity contribution in [1.82, 2.24) is 5.32 Å². The summed E-state index contributed by atoms with van der Waals surface area (Å²) in [5.74, 6) is 2.10. The zero-order valence-electron chi connectivity index (χ0n) is 11.0. The summed E-state index contributed by atoms with van der Waals surface area (Å²) in [6.07, 6.45) is 4.85. The predicted molar refractivity (Wildman–Crippen MR) is 72.9 cm³/mol. The standard InChI is InChI=1S/C13H23NO3S/c1-16-11-3-2-4-12(8-11)17-13(15)7-10-9-18-6-5-14-10/h10-12,14H,2-9H2,1H3. The van der Waals surface area contributed by atoms with Crippen LogP contribution in [0.25, 0.3) is 0 Å². The maximum Gasteiger partial charge on any atom is 0.307 e. The molecule has 4 nitrogen and oxygen atoms in total. The second-order valence-corrected chi connectivity index (χ2v) is 6.22. The van der Waals surface area contributed by atoms with E-state index < -0.39 is 0 Å². The molecule has 0 spiro atoms. The van der Waals surface area contributed by atoms with Crippen LogP contribution in [-0.4, -0.2) is 49.4 Å². The number of ether oxygens (including phenoxy) is 2. The maximum absolute atomic E-state index is 11.9. The lowest BCUT2D eigenvalue weighted by molar-refractivity contribution is -0.153. The largest absolute Gasteiger partial charge is 0.462 e. The first-order valence-electron chi connectivity index (χ1n) is 6.81. The topological polar surface area (TPSA) is 47.6 Å². The van der Waals surface area contributed by atoms with Crippen LogP contribution in [0.2, 0.25) is 0 Å². The van der Waals surface area contributed by atoms with Crippen molar-refractivity contribution in [2.75, 3.05) is 25.2 Å². The summed E-state index contributed by atoms with van der Waals surface area (Å²) in [6.45, 7) is 0.998. The number of thioether (sulfide) groups is 1. The van der Waals surface area contributed by atoms with Crippen LogP contribution in [-0.2, 0) is 14.3 Å². The predicted octanol–water partition coefficient (Wildman–Crippen LogP) is 1.58. The number of hydrogen-bond acceptors (Lipinski definition) is 5. The Morgan fingerprint density at radius 3 is 2.94 bits per heavy atom. The number of rotatable bonds is 4. The molecule has 1 aliphatic carbocycles. The van der Waals surface area contributed by atoms with Gasteiger partial charge in [-0.25, -0.2) is 0 Å². The molecule has 1 heterocycles. The van der Waals surface area contributed by atoms with E-state index in [0.29, 0.717) is 6.42 Å². The first kappa shape index (κ1) is 14.2. The quantitative estimate of drug-likeness (QED) is 0.788. The fraction of sp³-hybridized carbons (Fsp3) is 0.923. The van der Waals surface area contributed by atoms with Crippen molar-refractivity contribution in [2.45, 2.75) is 50.4 Å². The van der Waals surface area contributed by atoms with Crippen LogP contribution in [0.3, 0.4) is 0 Å².